The van der Waals surface area contributed by atoms with Crippen LogP contribution in [-0.2, 0) is 10.3 Å². The van der Waals surface area contributed by atoms with E-state index in [1.807, 2.05) is 12.1 Å². The van der Waals surface area contributed by atoms with Gasteiger partial charge in [-0.2, -0.15) is 4.99 Å². The molecular formula is C8H6ClNOS. The van der Waals surface area contributed by atoms with Crippen LogP contribution >= 0.6 is 22.9 Å². The number of aliphatic imine (C=N–C) groups is 1. The number of nitrogens with zero attached hydrogens (tertiary/aromatic N) is 1. The van der Waals surface area contributed by atoms with Crippen LogP contribution in [0.2, 0.25) is 4.34 Å². The Balaban J connectivity index is 2.36. The quantitative estimate of drug-likeness (QED) is 0.532. The summed E-state index contributed by atoms with van der Waals surface area (Å²) < 4.78 is 0.748. The molecule has 1 aromatic heterocycles. The van der Waals surface area contributed by atoms with Crippen LogP contribution in [0, 0.1) is 0 Å². The summed E-state index contributed by atoms with van der Waals surface area (Å²) in [6.07, 6.45) is 3.50. The van der Waals surface area contributed by atoms with E-state index in [4.69, 9.17) is 11.6 Å². The normalized spacial score (nSPS) is 18.4. The van der Waals surface area contributed by atoms with E-state index in [1.165, 1.54) is 11.3 Å². The van der Waals surface area contributed by atoms with Crippen molar-refractivity contribution in [3.8, 4) is 0 Å². The maximum Gasteiger partial charge on any atom is 0.235 e. The van der Waals surface area contributed by atoms with Crippen molar-refractivity contribution in [2.75, 3.05) is 0 Å². The second kappa shape index (κ2) is 2.70. The first kappa shape index (κ1) is 7.99. The van der Waals surface area contributed by atoms with Gasteiger partial charge in [0.15, 0.2) is 0 Å². The molecule has 0 spiro atoms. The van der Waals surface area contributed by atoms with Crippen LogP contribution in [0.15, 0.2) is 17.1 Å². The van der Waals surface area contributed by atoms with Crippen molar-refractivity contribution in [3.63, 3.8) is 0 Å². The molecule has 0 amide bonds. The highest BCUT2D eigenvalue weighted by Gasteiger charge is 2.45. The lowest BCUT2D eigenvalue weighted by Crippen LogP contribution is -1.97. The number of halogens is 1. The van der Waals surface area contributed by atoms with Crippen molar-refractivity contribution in [2.45, 2.75) is 18.4 Å². The Kier molecular flexibility index (Phi) is 1.80. The molecule has 12 heavy (non-hydrogen) atoms. The van der Waals surface area contributed by atoms with Crippen molar-refractivity contribution < 1.29 is 4.79 Å². The van der Waals surface area contributed by atoms with Crippen LogP contribution in [0.4, 0.5) is 0 Å². The van der Waals surface area contributed by atoms with E-state index in [0.717, 1.165) is 22.1 Å². The first-order chi connectivity index (χ1) is 5.77. The zero-order valence-electron chi connectivity index (χ0n) is 6.21. The van der Waals surface area contributed by atoms with Crippen LogP contribution in [0.1, 0.15) is 17.7 Å². The smallest absolute Gasteiger partial charge is 0.211 e. The fourth-order valence-electron chi connectivity index (χ4n) is 1.18. The van der Waals surface area contributed by atoms with Gasteiger partial charge < -0.3 is 0 Å². The Hall–Kier alpha value is -0.630. The highest BCUT2D eigenvalue weighted by molar-refractivity contribution is 7.16. The van der Waals surface area contributed by atoms with Gasteiger partial charge in [0.25, 0.3) is 0 Å². The molecule has 1 aromatic rings. The lowest BCUT2D eigenvalue weighted by atomic mass is 10.2. The molecule has 1 saturated carbocycles. The summed E-state index contributed by atoms with van der Waals surface area (Å²) in [7, 11) is 0. The maximum absolute atomic E-state index is 10.1. The van der Waals surface area contributed by atoms with Gasteiger partial charge in [-0.3, -0.25) is 0 Å². The number of carbonyl (C=O) groups excluding carboxylic acids is 1. The summed E-state index contributed by atoms with van der Waals surface area (Å²) in [5.41, 5.74) is -0.250. The highest BCUT2D eigenvalue weighted by atomic mass is 35.5. The molecule has 0 unspecified atom stereocenters. The molecule has 4 heteroatoms. The second-order valence-corrected chi connectivity index (χ2v) is 4.55. The van der Waals surface area contributed by atoms with E-state index in [2.05, 4.69) is 4.99 Å². The molecule has 0 aliphatic heterocycles. The average molecular weight is 200 g/mol. The van der Waals surface area contributed by atoms with Crippen molar-refractivity contribution >= 4 is 29.0 Å². The number of thiophene rings is 1. The van der Waals surface area contributed by atoms with Crippen molar-refractivity contribution in [1.82, 2.24) is 0 Å². The van der Waals surface area contributed by atoms with Gasteiger partial charge in [0.1, 0.15) is 5.54 Å². The number of hydrogen-bond donors (Lipinski definition) is 0. The Bertz CT molecular complexity index is 350. The summed E-state index contributed by atoms with van der Waals surface area (Å²) >= 11 is 7.26. The Morgan fingerprint density at radius 1 is 1.58 bits per heavy atom. The van der Waals surface area contributed by atoms with Gasteiger partial charge in [0.05, 0.1) is 4.34 Å². The minimum absolute atomic E-state index is 0.250. The molecule has 1 aliphatic carbocycles. The molecule has 0 saturated heterocycles. The first-order valence-corrected chi connectivity index (χ1v) is 4.81. The standard InChI is InChI=1S/C8H6ClNOS/c9-7-2-1-6(12-7)8(3-4-8)10-5-11/h1-2H,3-4H2. The molecule has 2 rings (SSSR count). The lowest BCUT2D eigenvalue weighted by Gasteiger charge is -2.01. The SMILES string of the molecule is O=C=NC1(c2ccc(Cl)s2)CC1. The van der Waals surface area contributed by atoms with E-state index in [1.54, 1.807) is 6.08 Å². The minimum atomic E-state index is -0.250. The van der Waals surface area contributed by atoms with E-state index in [9.17, 15) is 4.79 Å². The van der Waals surface area contributed by atoms with Crippen LogP contribution in [0.5, 0.6) is 0 Å². The second-order valence-electron chi connectivity index (χ2n) is 2.84. The lowest BCUT2D eigenvalue weighted by molar-refractivity contribution is 0.557. The van der Waals surface area contributed by atoms with E-state index >= 15 is 0 Å². The van der Waals surface area contributed by atoms with Crippen LogP contribution in [0.3, 0.4) is 0 Å². The fourth-order valence-corrected chi connectivity index (χ4v) is 2.42. The van der Waals surface area contributed by atoms with Gasteiger partial charge in [-0.1, -0.05) is 11.6 Å². The number of hydrogen-bond acceptors (Lipinski definition) is 3. The summed E-state index contributed by atoms with van der Waals surface area (Å²) in [6, 6.07) is 3.77. The Morgan fingerprint density at radius 2 is 2.33 bits per heavy atom. The van der Waals surface area contributed by atoms with Gasteiger partial charge in [-0.15, -0.1) is 11.3 Å². The molecule has 1 fully saturated rings. The predicted molar refractivity (Wildman–Crippen MR) is 48.4 cm³/mol. The van der Waals surface area contributed by atoms with Gasteiger partial charge in [-0.25, -0.2) is 4.79 Å². The largest absolute Gasteiger partial charge is 0.235 e. The van der Waals surface area contributed by atoms with Gasteiger partial charge in [0, 0.05) is 4.88 Å². The third kappa shape index (κ3) is 1.20. The summed E-state index contributed by atoms with van der Waals surface area (Å²) in [5.74, 6) is 0. The van der Waals surface area contributed by atoms with E-state index in [0.29, 0.717) is 0 Å². The van der Waals surface area contributed by atoms with Crippen molar-refractivity contribution in [3.05, 3.63) is 21.3 Å². The molecule has 0 N–H and O–H groups in total. The number of isocyanates is 1. The molecule has 1 aliphatic rings. The molecule has 0 aromatic carbocycles. The van der Waals surface area contributed by atoms with E-state index in [-0.39, 0.29) is 5.54 Å². The number of rotatable bonds is 2. The van der Waals surface area contributed by atoms with Gasteiger partial charge >= 0.3 is 0 Å². The molecule has 62 valence electrons. The van der Waals surface area contributed by atoms with Crippen LogP contribution in [-0.4, -0.2) is 6.08 Å². The molecule has 0 radical (unpaired) electrons. The predicted octanol–water partition coefficient (Wildman–Crippen LogP) is 2.73. The molecule has 0 atom stereocenters. The first-order valence-electron chi connectivity index (χ1n) is 3.62. The average Bonchev–Trinajstić information content (AvgIpc) is 2.69. The summed E-state index contributed by atoms with van der Waals surface area (Å²) in [6.45, 7) is 0. The maximum atomic E-state index is 10.1. The fraction of sp³-hybridized carbons (Fsp3) is 0.375. The van der Waals surface area contributed by atoms with E-state index < -0.39 is 0 Å². The van der Waals surface area contributed by atoms with Crippen molar-refractivity contribution in [1.29, 1.82) is 0 Å². The summed E-state index contributed by atoms with van der Waals surface area (Å²) in [5, 5.41) is 0. The van der Waals surface area contributed by atoms with Gasteiger partial charge in [0.2, 0.25) is 6.08 Å². The summed E-state index contributed by atoms with van der Waals surface area (Å²) in [4.78, 5) is 15.0. The molecular weight excluding hydrogens is 194 g/mol. The monoisotopic (exact) mass is 199 g/mol. The minimum Gasteiger partial charge on any atom is -0.211 e. The molecule has 0 bridgehead atoms. The molecule has 1 heterocycles. The van der Waals surface area contributed by atoms with Crippen LogP contribution in [0.25, 0.3) is 0 Å². The van der Waals surface area contributed by atoms with Crippen molar-refractivity contribution in [2.24, 2.45) is 4.99 Å². The highest BCUT2D eigenvalue weighted by Crippen LogP contribution is 2.51. The topological polar surface area (TPSA) is 29.4 Å². The zero-order chi connectivity index (χ0) is 8.60. The third-order valence-electron chi connectivity index (χ3n) is 2.02. The van der Waals surface area contributed by atoms with Crippen LogP contribution < -0.4 is 0 Å². The third-order valence-corrected chi connectivity index (χ3v) is 3.44. The molecule has 2 nitrogen and oxygen atoms in total. The zero-order valence-corrected chi connectivity index (χ0v) is 7.78. The van der Waals surface area contributed by atoms with Gasteiger partial charge in [-0.05, 0) is 25.0 Å². The Morgan fingerprint density at radius 3 is 2.75 bits per heavy atom. The Labute approximate surface area is 78.9 Å².